The number of fused-ring (bicyclic) bond motifs is 18. The van der Waals surface area contributed by atoms with E-state index >= 15 is 0 Å². The maximum absolute atomic E-state index is 2.51. The van der Waals surface area contributed by atoms with Crippen molar-refractivity contribution in [3.8, 4) is 78.1 Å². The van der Waals surface area contributed by atoms with Gasteiger partial charge in [0.2, 0.25) is 0 Å². The molecule has 0 unspecified atom stereocenters. The Morgan fingerprint density at radius 2 is 0.566 bits per heavy atom. The number of para-hydroxylation sites is 3. The van der Waals surface area contributed by atoms with Gasteiger partial charge in [0.15, 0.2) is 0 Å². The number of aromatic nitrogens is 2. The lowest BCUT2D eigenvalue weighted by molar-refractivity contribution is 0.794. The summed E-state index contributed by atoms with van der Waals surface area (Å²) in [6, 6.07) is 113. The van der Waals surface area contributed by atoms with E-state index in [-0.39, 0.29) is 0 Å². The summed E-state index contributed by atoms with van der Waals surface area (Å²) in [5.41, 5.74) is 27.0. The van der Waals surface area contributed by atoms with Crippen LogP contribution in [-0.4, -0.2) is 9.13 Å². The average Bonchev–Trinajstić information content (AvgIpc) is 1.63. The van der Waals surface area contributed by atoms with Crippen molar-refractivity contribution in [3.05, 3.63) is 326 Å². The van der Waals surface area contributed by atoms with Crippen LogP contribution >= 0.6 is 0 Å². The Kier molecular flexibility index (Phi) is 9.75. The zero-order valence-electron chi connectivity index (χ0n) is 45.3. The summed E-state index contributed by atoms with van der Waals surface area (Å²) in [6.45, 7) is 0. The van der Waals surface area contributed by atoms with Gasteiger partial charge >= 0.3 is 0 Å². The first kappa shape index (κ1) is 46.0. The Hall–Kier alpha value is -10.8. The zero-order chi connectivity index (χ0) is 54.3. The SMILES string of the molecule is c1ccc(-c2c3ccccc3c(-c3ccc(-n4c5ccccc5c5ccc(-c6ccc7c(c6)c6ccccc6n7-c6ccccc6)cc54)cc3)c3ccc(-c4ccc5c(c4)C4(c6ccccc6-c6ccccc64)c4ccccc4-5)cc23)cc1. The first-order valence-corrected chi connectivity index (χ1v) is 28.9. The van der Waals surface area contributed by atoms with E-state index in [1.165, 1.54) is 154 Å². The van der Waals surface area contributed by atoms with Gasteiger partial charge in [0, 0.05) is 32.9 Å². The van der Waals surface area contributed by atoms with Crippen LogP contribution < -0.4 is 0 Å². The summed E-state index contributed by atoms with van der Waals surface area (Å²) in [5, 5.41) is 9.91. The predicted octanol–water partition coefficient (Wildman–Crippen LogP) is 21.2. The predicted molar refractivity (Wildman–Crippen MR) is 348 cm³/mol. The average molecular weight is 1050 g/mol. The van der Waals surface area contributed by atoms with Gasteiger partial charge in [-0.15, -0.1) is 0 Å². The van der Waals surface area contributed by atoms with Crippen LogP contribution in [0, 0.1) is 0 Å². The molecule has 0 radical (unpaired) electrons. The van der Waals surface area contributed by atoms with E-state index in [2.05, 4.69) is 312 Å². The topological polar surface area (TPSA) is 9.86 Å². The molecule has 2 aromatic heterocycles. The summed E-state index contributed by atoms with van der Waals surface area (Å²) in [6.07, 6.45) is 0. The maximum Gasteiger partial charge on any atom is 0.0725 e. The van der Waals surface area contributed by atoms with Crippen molar-refractivity contribution < 1.29 is 0 Å². The van der Waals surface area contributed by atoms with Crippen LogP contribution in [0.25, 0.3) is 143 Å². The molecule has 16 aromatic rings. The van der Waals surface area contributed by atoms with Crippen molar-refractivity contribution >= 4 is 65.2 Å². The van der Waals surface area contributed by atoms with Gasteiger partial charge in [-0.05, 0) is 177 Å². The minimum atomic E-state index is -0.417. The van der Waals surface area contributed by atoms with Gasteiger partial charge in [-0.25, -0.2) is 0 Å². The number of rotatable bonds is 6. The van der Waals surface area contributed by atoms with Crippen LogP contribution in [0.5, 0.6) is 0 Å². The fourth-order valence-corrected chi connectivity index (χ4v) is 15.1. The summed E-state index contributed by atoms with van der Waals surface area (Å²) in [4.78, 5) is 0. The molecule has 384 valence electrons. The second kappa shape index (κ2) is 17.6. The van der Waals surface area contributed by atoms with E-state index in [0.717, 1.165) is 11.4 Å². The van der Waals surface area contributed by atoms with Crippen LogP contribution in [-0.2, 0) is 5.41 Å². The standard InChI is InChI=1S/C81H50N2/c1-3-19-51(20-4-1)80-67-29-8-7-28-66(67)79(68-45-39-53(48-70(68)80)55-37-43-62-61-25-11-16-32-73(61)81(74(62)49-55)71-30-14-9-23-59(71)60-24-10-15-31-72(60)81)52-35-41-58(42-36-52)83-75-33-17-12-26-63(75)65-44-38-56(50-78(65)83)54-40-46-77-69(47-54)64-27-13-18-34-76(64)82(77)57-21-5-2-6-22-57/h1-50H. The monoisotopic (exact) mass is 1050 g/mol. The fraction of sp³-hybridized carbons (Fsp3) is 0.0123. The third kappa shape index (κ3) is 6.49. The van der Waals surface area contributed by atoms with Crippen molar-refractivity contribution in [2.24, 2.45) is 0 Å². The molecule has 2 heterocycles. The lowest BCUT2D eigenvalue weighted by atomic mass is 9.70. The van der Waals surface area contributed by atoms with E-state index in [4.69, 9.17) is 0 Å². The Labute approximate surface area is 480 Å². The normalized spacial score (nSPS) is 12.9. The molecule has 2 nitrogen and oxygen atoms in total. The lowest BCUT2D eigenvalue weighted by Gasteiger charge is -2.30. The molecule has 1 spiro atoms. The summed E-state index contributed by atoms with van der Waals surface area (Å²) in [7, 11) is 0. The van der Waals surface area contributed by atoms with Crippen LogP contribution in [0.2, 0.25) is 0 Å². The maximum atomic E-state index is 2.51. The lowest BCUT2D eigenvalue weighted by Crippen LogP contribution is -2.25. The quantitative estimate of drug-likeness (QED) is 0.147. The Morgan fingerprint density at radius 1 is 0.193 bits per heavy atom. The smallest absolute Gasteiger partial charge is 0.0725 e. The van der Waals surface area contributed by atoms with Crippen molar-refractivity contribution in [1.29, 1.82) is 0 Å². The molecule has 0 N–H and O–H groups in total. The molecule has 0 bridgehead atoms. The van der Waals surface area contributed by atoms with Gasteiger partial charge < -0.3 is 9.13 Å². The Balaban J connectivity index is 0.794. The molecule has 0 fully saturated rings. The summed E-state index contributed by atoms with van der Waals surface area (Å²) in [5.74, 6) is 0. The van der Waals surface area contributed by atoms with Gasteiger partial charge in [0.25, 0.3) is 0 Å². The van der Waals surface area contributed by atoms with Gasteiger partial charge in [-0.1, -0.05) is 237 Å². The second-order valence-corrected chi connectivity index (χ2v) is 22.6. The molecule has 2 heteroatoms. The van der Waals surface area contributed by atoms with Crippen LogP contribution in [0.15, 0.2) is 303 Å². The minimum absolute atomic E-state index is 0.417. The number of benzene rings is 14. The van der Waals surface area contributed by atoms with Crippen LogP contribution in [0.1, 0.15) is 22.3 Å². The van der Waals surface area contributed by atoms with Crippen LogP contribution in [0.3, 0.4) is 0 Å². The third-order valence-electron chi connectivity index (χ3n) is 18.5. The fourth-order valence-electron chi connectivity index (χ4n) is 15.1. The van der Waals surface area contributed by atoms with E-state index in [1.54, 1.807) is 0 Å². The molecule has 14 aromatic carbocycles. The van der Waals surface area contributed by atoms with Crippen molar-refractivity contribution in [3.63, 3.8) is 0 Å². The molecule has 0 amide bonds. The molecule has 18 rings (SSSR count). The van der Waals surface area contributed by atoms with Gasteiger partial charge in [0.05, 0.1) is 27.5 Å². The van der Waals surface area contributed by atoms with E-state index < -0.39 is 5.41 Å². The summed E-state index contributed by atoms with van der Waals surface area (Å²) >= 11 is 0. The number of hydrogen-bond donors (Lipinski definition) is 0. The van der Waals surface area contributed by atoms with E-state index in [1.807, 2.05) is 0 Å². The molecule has 83 heavy (non-hydrogen) atoms. The molecule has 0 atom stereocenters. The molecule has 2 aliphatic carbocycles. The first-order chi connectivity index (χ1) is 41.2. The highest BCUT2D eigenvalue weighted by atomic mass is 15.0. The minimum Gasteiger partial charge on any atom is -0.309 e. The van der Waals surface area contributed by atoms with Gasteiger partial charge in [-0.2, -0.15) is 0 Å². The second-order valence-electron chi connectivity index (χ2n) is 22.6. The third-order valence-corrected chi connectivity index (χ3v) is 18.5. The summed E-state index contributed by atoms with van der Waals surface area (Å²) < 4.78 is 4.85. The Morgan fingerprint density at radius 3 is 1.20 bits per heavy atom. The van der Waals surface area contributed by atoms with Crippen molar-refractivity contribution in [1.82, 2.24) is 9.13 Å². The molecular formula is C81H50N2. The molecule has 0 saturated carbocycles. The molecule has 0 saturated heterocycles. The number of hydrogen-bond acceptors (Lipinski definition) is 0. The van der Waals surface area contributed by atoms with E-state index in [9.17, 15) is 0 Å². The number of nitrogens with zero attached hydrogens (tertiary/aromatic N) is 2. The Bertz CT molecular complexity index is 5300. The van der Waals surface area contributed by atoms with Crippen molar-refractivity contribution in [2.75, 3.05) is 0 Å². The highest BCUT2D eigenvalue weighted by molar-refractivity contribution is 6.22. The molecule has 0 aliphatic heterocycles. The first-order valence-electron chi connectivity index (χ1n) is 28.9. The van der Waals surface area contributed by atoms with Crippen molar-refractivity contribution in [2.45, 2.75) is 5.41 Å². The molecular weight excluding hydrogens is 1000 g/mol. The van der Waals surface area contributed by atoms with Crippen LogP contribution in [0.4, 0.5) is 0 Å². The largest absolute Gasteiger partial charge is 0.309 e. The van der Waals surface area contributed by atoms with Gasteiger partial charge in [-0.3, -0.25) is 0 Å². The highest BCUT2D eigenvalue weighted by Gasteiger charge is 2.51. The van der Waals surface area contributed by atoms with E-state index in [0.29, 0.717) is 0 Å². The molecule has 2 aliphatic rings. The van der Waals surface area contributed by atoms with Gasteiger partial charge in [0.1, 0.15) is 0 Å². The highest BCUT2D eigenvalue weighted by Crippen LogP contribution is 2.63. The zero-order valence-corrected chi connectivity index (χ0v) is 45.3.